The number of hydrogen-bond donors (Lipinski definition) is 1. The fraction of sp³-hybridized carbons (Fsp3) is 0.429. The van der Waals surface area contributed by atoms with Crippen LogP contribution in [0.4, 0.5) is 0 Å². The molecule has 0 amide bonds. The van der Waals surface area contributed by atoms with E-state index >= 15 is 0 Å². The third-order valence-corrected chi connectivity index (χ3v) is 1.73. The van der Waals surface area contributed by atoms with Crippen molar-refractivity contribution in [3.05, 3.63) is 22.7 Å². The minimum absolute atomic E-state index is 0.482. The van der Waals surface area contributed by atoms with Crippen molar-refractivity contribution in [1.82, 2.24) is 9.97 Å². The fourth-order valence-electron chi connectivity index (χ4n) is 0.677. The van der Waals surface area contributed by atoms with E-state index in [2.05, 4.69) is 25.9 Å². The fourth-order valence-corrected chi connectivity index (χ4v) is 0.882. The Balaban J connectivity index is 2.81. The predicted molar refractivity (Wildman–Crippen MR) is 45.0 cm³/mol. The zero-order chi connectivity index (χ0) is 8.27. The first kappa shape index (κ1) is 8.62. The monoisotopic (exact) mass is 216 g/mol. The second-order valence-electron chi connectivity index (χ2n) is 2.18. The van der Waals surface area contributed by atoms with Crippen LogP contribution in [0.3, 0.4) is 0 Å². The van der Waals surface area contributed by atoms with Crippen LogP contribution in [0.5, 0.6) is 0 Å². The Labute approximate surface area is 73.6 Å². The molecule has 60 valence electrons. The molecule has 0 saturated heterocycles. The Kier molecular flexibility index (Phi) is 2.96. The molecule has 11 heavy (non-hydrogen) atoms. The van der Waals surface area contributed by atoms with Crippen molar-refractivity contribution in [1.29, 1.82) is 0 Å². The number of aromatic nitrogens is 2. The summed E-state index contributed by atoms with van der Waals surface area (Å²) in [5.41, 5.74) is 0. The number of hydrogen-bond acceptors (Lipinski definition) is 3. The Bertz CT molecular complexity index is 224. The normalized spacial score (nSPS) is 13.0. The van der Waals surface area contributed by atoms with E-state index in [-0.39, 0.29) is 0 Å². The van der Waals surface area contributed by atoms with E-state index in [1.54, 1.807) is 12.4 Å². The standard InChI is InChI=1S/C7H9BrN2O/c1-2-6(11)7-9-3-5(8)4-10-7/h3-4,6,11H,2H2,1H3. The molecule has 1 aromatic heterocycles. The summed E-state index contributed by atoms with van der Waals surface area (Å²) >= 11 is 3.21. The van der Waals surface area contributed by atoms with Crippen LogP contribution in [0.25, 0.3) is 0 Å². The molecule has 0 aliphatic rings. The molecule has 0 spiro atoms. The molecular weight excluding hydrogens is 208 g/mol. The lowest BCUT2D eigenvalue weighted by Crippen LogP contribution is -2.01. The minimum Gasteiger partial charge on any atom is -0.385 e. The Morgan fingerprint density at radius 1 is 1.55 bits per heavy atom. The van der Waals surface area contributed by atoms with E-state index < -0.39 is 6.10 Å². The Morgan fingerprint density at radius 3 is 2.55 bits per heavy atom. The first-order valence-electron chi connectivity index (χ1n) is 3.39. The molecule has 1 unspecified atom stereocenters. The number of aliphatic hydroxyl groups is 1. The average molecular weight is 217 g/mol. The molecule has 1 atom stereocenters. The molecule has 0 bridgehead atoms. The highest BCUT2D eigenvalue weighted by Gasteiger charge is 2.06. The van der Waals surface area contributed by atoms with Crippen LogP contribution in [0.2, 0.25) is 0 Å². The van der Waals surface area contributed by atoms with E-state index in [9.17, 15) is 5.11 Å². The first-order valence-corrected chi connectivity index (χ1v) is 4.19. The van der Waals surface area contributed by atoms with Gasteiger partial charge in [0.15, 0.2) is 5.82 Å². The maximum absolute atomic E-state index is 9.28. The number of aliphatic hydroxyl groups excluding tert-OH is 1. The van der Waals surface area contributed by atoms with Gasteiger partial charge in [-0.05, 0) is 22.4 Å². The lowest BCUT2D eigenvalue weighted by atomic mass is 10.2. The number of rotatable bonds is 2. The molecule has 4 heteroatoms. The van der Waals surface area contributed by atoms with Crippen LogP contribution in [-0.2, 0) is 0 Å². The van der Waals surface area contributed by atoms with Gasteiger partial charge in [0, 0.05) is 12.4 Å². The molecular formula is C7H9BrN2O. The zero-order valence-electron chi connectivity index (χ0n) is 6.16. The molecule has 0 fully saturated rings. The predicted octanol–water partition coefficient (Wildman–Crippen LogP) is 1.68. The Hall–Kier alpha value is -0.480. The molecule has 0 aromatic carbocycles. The van der Waals surface area contributed by atoms with Crippen molar-refractivity contribution in [2.45, 2.75) is 19.4 Å². The van der Waals surface area contributed by atoms with Gasteiger partial charge in [-0.2, -0.15) is 0 Å². The molecule has 0 saturated carbocycles. The van der Waals surface area contributed by atoms with E-state index in [0.717, 1.165) is 4.47 Å². The minimum atomic E-state index is -0.539. The van der Waals surface area contributed by atoms with Crippen LogP contribution in [0.1, 0.15) is 25.3 Å². The Morgan fingerprint density at radius 2 is 2.09 bits per heavy atom. The van der Waals surface area contributed by atoms with Crippen LogP contribution >= 0.6 is 15.9 Å². The van der Waals surface area contributed by atoms with Crippen LogP contribution in [0, 0.1) is 0 Å². The van der Waals surface area contributed by atoms with Gasteiger partial charge < -0.3 is 5.11 Å². The summed E-state index contributed by atoms with van der Waals surface area (Å²) in [5.74, 6) is 0.482. The maximum atomic E-state index is 9.28. The summed E-state index contributed by atoms with van der Waals surface area (Å²) in [6.45, 7) is 1.88. The topological polar surface area (TPSA) is 46.0 Å². The van der Waals surface area contributed by atoms with E-state index in [4.69, 9.17) is 0 Å². The molecule has 3 nitrogen and oxygen atoms in total. The van der Waals surface area contributed by atoms with Gasteiger partial charge >= 0.3 is 0 Å². The third kappa shape index (κ3) is 2.24. The van der Waals surface area contributed by atoms with Gasteiger partial charge in [0.25, 0.3) is 0 Å². The van der Waals surface area contributed by atoms with Crippen molar-refractivity contribution in [3.63, 3.8) is 0 Å². The molecule has 0 radical (unpaired) electrons. The van der Waals surface area contributed by atoms with Crippen LogP contribution in [-0.4, -0.2) is 15.1 Å². The van der Waals surface area contributed by atoms with Crippen LogP contribution in [0.15, 0.2) is 16.9 Å². The highest BCUT2D eigenvalue weighted by atomic mass is 79.9. The van der Waals surface area contributed by atoms with Crippen molar-refractivity contribution < 1.29 is 5.11 Å². The van der Waals surface area contributed by atoms with Gasteiger partial charge in [0.05, 0.1) is 4.47 Å². The highest BCUT2D eigenvalue weighted by Crippen LogP contribution is 2.12. The zero-order valence-corrected chi connectivity index (χ0v) is 7.74. The molecule has 0 aliphatic heterocycles. The van der Waals surface area contributed by atoms with Crippen molar-refractivity contribution in [2.75, 3.05) is 0 Å². The number of halogens is 1. The molecule has 1 N–H and O–H groups in total. The summed E-state index contributed by atoms with van der Waals surface area (Å²) < 4.78 is 0.824. The van der Waals surface area contributed by atoms with E-state index in [0.29, 0.717) is 12.2 Å². The molecule has 1 heterocycles. The SMILES string of the molecule is CCC(O)c1ncc(Br)cn1. The van der Waals surface area contributed by atoms with Gasteiger partial charge in [0.2, 0.25) is 0 Å². The van der Waals surface area contributed by atoms with Crippen molar-refractivity contribution in [3.8, 4) is 0 Å². The van der Waals surface area contributed by atoms with Gasteiger partial charge in [0.1, 0.15) is 6.10 Å². The van der Waals surface area contributed by atoms with Crippen LogP contribution < -0.4 is 0 Å². The largest absolute Gasteiger partial charge is 0.385 e. The van der Waals surface area contributed by atoms with Gasteiger partial charge in [-0.15, -0.1) is 0 Å². The summed E-state index contributed by atoms with van der Waals surface area (Å²) in [6.07, 6.45) is 3.35. The average Bonchev–Trinajstić information content (AvgIpc) is 2.05. The molecule has 1 rings (SSSR count). The van der Waals surface area contributed by atoms with Crippen molar-refractivity contribution >= 4 is 15.9 Å². The highest BCUT2D eigenvalue weighted by molar-refractivity contribution is 9.10. The smallest absolute Gasteiger partial charge is 0.156 e. The van der Waals surface area contributed by atoms with Gasteiger partial charge in [-0.25, -0.2) is 9.97 Å². The lowest BCUT2D eigenvalue weighted by Gasteiger charge is -2.04. The lowest BCUT2D eigenvalue weighted by molar-refractivity contribution is 0.163. The first-order chi connectivity index (χ1) is 5.24. The van der Waals surface area contributed by atoms with Crippen molar-refractivity contribution in [2.24, 2.45) is 0 Å². The second kappa shape index (κ2) is 3.78. The van der Waals surface area contributed by atoms with E-state index in [1.807, 2.05) is 6.92 Å². The number of nitrogens with zero attached hydrogens (tertiary/aromatic N) is 2. The molecule has 1 aromatic rings. The summed E-state index contributed by atoms with van der Waals surface area (Å²) in [7, 11) is 0. The molecule has 0 aliphatic carbocycles. The maximum Gasteiger partial charge on any atom is 0.156 e. The summed E-state index contributed by atoms with van der Waals surface area (Å²) in [6, 6.07) is 0. The summed E-state index contributed by atoms with van der Waals surface area (Å²) in [4.78, 5) is 7.88. The quantitative estimate of drug-likeness (QED) is 0.819. The summed E-state index contributed by atoms with van der Waals surface area (Å²) in [5, 5.41) is 9.28. The second-order valence-corrected chi connectivity index (χ2v) is 3.10. The van der Waals surface area contributed by atoms with E-state index in [1.165, 1.54) is 0 Å². The third-order valence-electron chi connectivity index (χ3n) is 1.33. The van der Waals surface area contributed by atoms with Gasteiger partial charge in [-0.1, -0.05) is 6.92 Å². The van der Waals surface area contributed by atoms with Gasteiger partial charge in [-0.3, -0.25) is 0 Å².